The van der Waals surface area contributed by atoms with E-state index in [1.165, 1.54) is 0 Å². The van der Waals surface area contributed by atoms with Crippen LogP contribution in [0.3, 0.4) is 0 Å². The summed E-state index contributed by atoms with van der Waals surface area (Å²) in [5.41, 5.74) is 6.83. The van der Waals surface area contributed by atoms with Gasteiger partial charge in [0.15, 0.2) is 5.69 Å². The third kappa shape index (κ3) is 3.91. The number of hydrogen-bond donors (Lipinski definition) is 0. The fraction of sp³-hybridized carbons (Fsp3) is 0. The molecule has 0 amide bonds. The van der Waals surface area contributed by atoms with Crippen LogP contribution in [-0.4, -0.2) is 14.1 Å². The zero-order chi connectivity index (χ0) is 31.4. The average Bonchev–Trinajstić information content (AvgIpc) is 3.63. The maximum Gasteiger partial charge on any atom is 0.187 e. The SMILES string of the molecule is [C-]#[N+]c1ccc(C#N)c(-c2cc(-n3c4ccccc4c4ccccc43)nc(-n3c4ccc(C#N)cc4c4cc(C#N)ccc43)c2)c1. The lowest BCUT2D eigenvalue weighted by Gasteiger charge is -2.15. The van der Waals surface area contributed by atoms with Gasteiger partial charge in [-0.3, -0.25) is 9.13 Å². The topological polar surface area (TPSA) is 98.5 Å². The molecule has 3 aromatic heterocycles. The molecule has 0 radical (unpaired) electrons. The number of para-hydroxylation sites is 2. The largest absolute Gasteiger partial charge is 0.294 e. The summed E-state index contributed by atoms with van der Waals surface area (Å²) in [4.78, 5) is 8.92. The van der Waals surface area contributed by atoms with Gasteiger partial charge in [0.25, 0.3) is 0 Å². The van der Waals surface area contributed by atoms with Crippen LogP contribution in [0.25, 0.3) is 71.2 Å². The lowest BCUT2D eigenvalue weighted by atomic mass is 10.00. The van der Waals surface area contributed by atoms with Gasteiger partial charge in [-0.05, 0) is 77.9 Å². The molecule has 7 nitrogen and oxygen atoms in total. The van der Waals surface area contributed by atoms with E-state index in [9.17, 15) is 15.8 Å². The minimum absolute atomic E-state index is 0.427. The molecule has 0 aliphatic heterocycles. The molecule has 8 aromatic rings. The molecule has 0 unspecified atom stereocenters. The summed E-state index contributed by atoms with van der Waals surface area (Å²) >= 11 is 0. The molecule has 0 atom stereocenters. The first-order chi connectivity index (χ1) is 22.6. The standard InChI is InChI=1S/C39H19N7/c1-43-28-13-12-26(23-42)31(20-28)27-18-38(45-34-8-4-2-6-29(34)30-7-3-5-9-35(30)45)44-39(19-27)46-36-14-10-24(21-40)16-32(36)33-17-25(22-41)11-15-37(33)46/h2-20H. The minimum Gasteiger partial charge on any atom is -0.294 e. The Morgan fingerprint density at radius 1 is 0.543 bits per heavy atom. The summed E-state index contributed by atoms with van der Waals surface area (Å²) in [5, 5.41) is 33.3. The van der Waals surface area contributed by atoms with E-state index in [-0.39, 0.29) is 0 Å². The third-order valence-corrected chi connectivity index (χ3v) is 8.42. The predicted octanol–water partition coefficient (Wildman–Crippen LogP) is 9.11. The number of nitriles is 3. The minimum atomic E-state index is 0.427. The second-order valence-electron chi connectivity index (χ2n) is 10.9. The van der Waals surface area contributed by atoms with Crippen LogP contribution in [0.2, 0.25) is 0 Å². The number of rotatable bonds is 3. The Morgan fingerprint density at radius 3 is 1.57 bits per heavy atom. The number of nitrogens with zero attached hydrogens (tertiary/aromatic N) is 7. The summed E-state index contributed by atoms with van der Waals surface area (Å²) in [6.07, 6.45) is 0. The first-order valence-electron chi connectivity index (χ1n) is 14.4. The van der Waals surface area contributed by atoms with Crippen molar-refractivity contribution in [2.45, 2.75) is 0 Å². The van der Waals surface area contributed by atoms with Gasteiger partial charge in [0, 0.05) is 21.5 Å². The molecular weight excluding hydrogens is 566 g/mol. The van der Waals surface area contributed by atoms with Crippen LogP contribution in [0.15, 0.2) is 115 Å². The van der Waals surface area contributed by atoms with Crippen LogP contribution >= 0.6 is 0 Å². The quantitative estimate of drug-likeness (QED) is 0.193. The van der Waals surface area contributed by atoms with Crippen LogP contribution in [0.4, 0.5) is 5.69 Å². The van der Waals surface area contributed by atoms with Crippen LogP contribution in [0, 0.1) is 40.6 Å². The van der Waals surface area contributed by atoms with Crippen molar-refractivity contribution in [3.8, 4) is 41.0 Å². The zero-order valence-corrected chi connectivity index (χ0v) is 24.1. The van der Waals surface area contributed by atoms with Crippen molar-refractivity contribution in [1.82, 2.24) is 14.1 Å². The third-order valence-electron chi connectivity index (χ3n) is 8.42. The van der Waals surface area contributed by atoms with Crippen molar-refractivity contribution in [2.24, 2.45) is 0 Å². The molecule has 3 heterocycles. The lowest BCUT2D eigenvalue weighted by molar-refractivity contribution is 1.01. The van der Waals surface area contributed by atoms with Crippen molar-refractivity contribution in [2.75, 3.05) is 0 Å². The number of aromatic nitrogens is 3. The molecule has 5 aromatic carbocycles. The van der Waals surface area contributed by atoms with Crippen molar-refractivity contribution >= 4 is 49.3 Å². The monoisotopic (exact) mass is 585 g/mol. The summed E-state index contributed by atoms with van der Waals surface area (Å²) in [5.74, 6) is 1.22. The Morgan fingerprint density at radius 2 is 1.07 bits per heavy atom. The van der Waals surface area contributed by atoms with Gasteiger partial charge in [-0.2, -0.15) is 15.8 Å². The van der Waals surface area contributed by atoms with E-state index in [0.29, 0.717) is 39.6 Å². The zero-order valence-electron chi connectivity index (χ0n) is 24.1. The lowest BCUT2D eigenvalue weighted by Crippen LogP contribution is -2.04. The molecule has 46 heavy (non-hydrogen) atoms. The number of pyridine rings is 1. The van der Waals surface area contributed by atoms with Crippen molar-refractivity contribution < 1.29 is 0 Å². The summed E-state index contributed by atoms with van der Waals surface area (Å²) in [6, 6.07) is 43.1. The Kier molecular flexibility index (Phi) is 5.87. The van der Waals surface area contributed by atoms with Gasteiger partial charge in [-0.1, -0.05) is 48.5 Å². The molecule has 0 bridgehead atoms. The summed E-state index contributed by atoms with van der Waals surface area (Å²) < 4.78 is 4.15. The second kappa shape index (κ2) is 10.2. The summed E-state index contributed by atoms with van der Waals surface area (Å²) in [6.45, 7) is 7.65. The van der Waals surface area contributed by atoms with Gasteiger partial charge in [0.05, 0.1) is 63.5 Å². The predicted molar refractivity (Wildman–Crippen MR) is 179 cm³/mol. The van der Waals surface area contributed by atoms with E-state index in [1.807, 2.05) is 65.2 Å². The van der Waals surface area contributed by atoms with Crippen LogP contribution in [0.5, 0.6) is 0 Å². The van der Waals surface area contributed by atoms with Gasteiger partial charge >= 0.3 is 0 Å². The highest BCUT2D eigenvalue weighted by molar-refractivity contribution is 6.11. The highest BCUT2D eigenvalue weighted by atomic mass is 15.1. The Balaban J connectivity index is 1.53. The van der Waals surface area contributed by atoms with E-state index in [1.54, 1.807) is 30.3 Å². The van der Waals surface area contributed by atoms with Gasteiger partial charge in [0.1, 0.15) is 11.6 Å². The van der Waals surface area contributed by atoms with Crippen molar-refractivity contribution in [3.63, 3.8) is 0 Å². The molecule has 0 fully saturated rings. The maximum absolute atomic E-state index is 10.1. The van der Waals surface area contributed by atoms with Crippen LogP contribution in [0.1, 0.15) is 16.7 Å². The molecule has 0 saturated carbocycles. The van der Waals surface area contributed by atoms with E-state index < -0.39 is 0 Å². The van der Waals surface area contributed by atoms with Crippen molar-refractivity contribution in [1.29, 1.82) is 15.8 Å². The smallest absolute Gasteiger partial charge is 0.187 e. The normalized spacial score (nSPS) is 11.0. The van der Waals surface area contributed by atoms with E-state index in [4.69, 9.17) is 11.6 Å². The number of fused-ring (bicyclic) bond motifs is 6. The molecule has 8 rings (SSSR count). The fourth-order valence-corrected chi connectivity index (χ4v) is 6.40. The van der Waals surface area contributed by atoms with Crippen LogP contribution < -0.4 is 0 Å². The highest BCUT2D eigenvalue weighted by Crippen LogP contribution is 2.38. The van der Waals surface area contributed by atoms with E-state index >= 15 is 0 Å². The fourth-order valence-electron chi connectivity index (χ4n) is 6.40. The van der Waals surface area contributed by atoms with Gasteiger partial charge in [-0.15, -0.1) is 0 Å². The maximum atomic E-state index is 10.1. The number of hydrogen-bond acceptors (Lipinski definition) is 4. The number of benzene rings is 5. The molecule has 0 N–H and O–H groups in total. The van der Waals surface area contributed by atoms with E-state index in [2.05, 4.69) is 51.9 Å². The molecule has 0 aliphatic rings. The second-order valence-corrected chi connectivity index (χ2v) is 10.9. The first-order valence-corrected chi connectivity index (χ1v) is 14.4. The van der Waals surface area contributed by atoms with Gasteiger partial charge in [-0.25, -0.2) is 9.83 Å². The molecule has 0 spiro atoms. The molecular formula is C39H19N7. The molecule has 210 valence electrons. The Labute approximate surface area is 263 Å². The molecule has 0 aliphatic carbocycles. The van der Waals surface area contributed by atoms with Crippen molar-refractivity contribution in [3.05, 3.63) is 143 Å². The van der Waals surface area contributed by atoms with Gasteiger partial charge in [0.2, 0.25) is 0 Å². The van der Waals surface area contributed by atoms with Gasteiger partial charge < -0.3 is 0 Å². The van der Waals surface area contributed by atoms with E-state index in [0.717, 1.165) is 49.2 Å². The first kappa shape index (κ1) is 26.4. The molecule has 7 heteroatoms. The highest BCUT2D eigenvalue weighted by Gasteiger charge is 2.20. The summed E-state index contributed by atoms with van der Waals surface area (Å²) in [7, 11) is 0. The Hall–Kier alpha value is -7.19. The van der Waals surface area contributed by atoms with Crippen LogP contribution in [-0.2, 0) is 0 Å². The Bertz CT molecular complexity index is 2630. The molecule has 0 saturated heterocycles. The average molecular weight is 586 g/mol.